The lowest BCUT2D eigenvalue weighted by molar-refractivity contribution is -0.183. The average Bonchev–Trinajstić information content (AvgIpc) is 2.79. The van der Waals surface area contributed by atoms with Crippen LogP contribution in [0.2, 0.25) is 0 Å². The lowest BCUT2D eigenvalue weighted by Crippen LogP contribution is -2.59. The SMILES string of the molecule is CCC(C)CC(=O)Oc1ccc(C[C@](NC(C)CC)(OC(C)=O)C(=O)O)cc1OC(=O)CC(C)CC. The standard InChI is InChI=1S/C27H41NO8/c1-8-17(4)13-24(30)34-22-12-11-21(15-23(22)35-25(31)14-18(5)9-2)16-27(26(32)33,36-20(7)29)28-19(6)10-3/h11-12,15,17-19,28H,8-10,13-14,16H2,1-7H3,(H,32,33)/t17?,18?,19?,27-/m0/s1. The summed E-state index contributed by atoms with van der Waals surface area (Å²) in [5.74, 6) is -2.80. The molecule has 202 valence electrons. The zero-order valence-electron chi connectivity index (χ0n) is 22.5. The molecule has 9 nitrogen and oxygen atoms in total. The fourth-order valence-electron chi connectivity index (χ4n) is 3.34. The largest absolute Gasteiger partial charge is 0.477 e. The summed E-state index contributed by atoms with van der Waals surface area (Å²) in [6.07, 6.45) is 2.32. The van der Waals surface area contributed by atoms with E-state index in [0.29, 0.717) is 12.0 Å². The van der Waals surface area contributed by atoms with E-state index in [9.17, 15) is 24.3 Å². The van der Waals surface area contributed by atoms with Crippen LogP contribution >= 0.6 is 0 Å². The van der Waals surface area contributed by atoms with Gasteiger partial charge >= 0.3 is 23.9 Å². The van der Waals surface area contributed by atoms with Gasteiger partial charge in [0.05, 0.1) is 0 Å². The number of benzene rings is 1. The molecule has 1 rings (SSSR count). The summed E-state index contributed by atoms with van der Waals surface area (Å²) in [7, 11) is 0. The van der Waals surface area contributed by atoms with Crippen molar-refractivity contribution in [2.24, 2.45) is 11.8 Å². The highest BCUT2D eigenvalue weighted by Crippen LogP contribution is 2.32. The van der Waals surface area contributed by atoms with Crippen molar-refractivity contribution in [1.29, 1.82) is 0 Å². The van der Waals surface area contributed by atoms with Gasteiger partial charge in [0.15, 0.2) is 11.5 Å². The second-order valence-electron chi connectivity index (χ2n) is 9.52. The third-order valence-corrected chi connectivity index (χ3v) is 6.09. The quantitative estimate of drug-likeness (QED) is 0.198. The Hall–Kier alpha value is -2.94. The molecular weight excluding hydrogens is 466 g/mol. The highest BCUT2D eigenvalue weighted by molar-refractivity contribution is 5.81. The zero-order chi connectivity index (χ0) is 27.5. The highest BCUT2D eigenvalue weighted by atomic mass is 16.6. The number of hydrogen-bond donors (Lipinski definition) is 2. The molecule has 0 aromatic heterocycles. The number of carbonyl (C=O) groups excluding carboxylic acids is 3. The van der Waals surface area contributed by atoms with Gasteiger partial charge in [0.1, 0.15) is 0 Å². The van der Waals surface area contributed by atoms with Crippen LogP contribution in [0.3, 0.4) is 0 Å². The maximum absolute atomic E-state index is 12.5. The molecule has 0 heterocycles. The predicted molar refractivity (Wildman–Crippen MR) is 135 cm³/mol. The van der Waals surface area contributed by atoms with Crippen molar-refractivity contribution < 1.29 is 38.5 Å². The number of carboxylic acid groups (broad SMARTS) is 1. The molecule has 2 N–H and O–H groups in total. The summed E-state index contributed by atoms with van der Waals surface area (Å²) in [4.78, 5) is 49.0. The van der Waals surface area contributed by atoms with Gasteiger partial charge in [-0.1, -0.05) is 53.5 Å². The smallest absolute Gasteiger partial charge is 0.364 e. The van der Waals surface area contributed by atoms with Crippen molar-refractivity contribution in [2.45, 2.75) is 98.8 Å². The van der Waals surface area contributed by atoms with Gasteiger partial charge in [0, 0.05) is 32.2 Å². The topological polar surface area (TPSA) is 128 Å². The fraction of sp³-hybridized carbons (Fsp3) is 0.630. The number of rotatable bonds is 15. The summed E-state index contributed by atoms with van der Waals surface area (Å²) >= 11 is 0. The minimum absolute atomic E-state index is 0.00367. The fourth-order valence-corrected chi connectivity index (χ4v) is 3.34. The number of hydrogen-bond acceptors (Lipinski definition) is 8. The zero-order valence-corrected chi connectivity index (χ0v) is 22.5. The third kappa shape index (κ3) is 9.97. The Labute approximate surface area is 213 Å². The van der Waals surface area contributed by atoms with E-state index in [4.69, 9.17) is 14.2 Å². The van der Waals surface area contributed by atoms with Crippen LogP contribution in [0.25, 0.3) is 0 Å². The van der Waals surface area contributed by atoms with Gasteiger partial charge in [-0.2, -0.15) is 0 Å². The van der Waals surface area contributed by atoms with Gasteiger partial charge in [0.25, 0.3) is 5.72 Å². The molecule has 0 spiro atoms. The summed E-state index contributed by atoms with van der Waals surface area (Å²) in [6.45, 7) is 12.6. The number of ether oxygens (including phenoxy) is 3. The number of esters is 3. The molecule has 0 amide bonds. The van der Waals surface area contributed by atoms with E-state index in [2.05, 4.69) is 5.32 Å². The minimum Gasteiger partial charge on any atom is -0.477 e. The average molecular weight is 508 g/mol. The molecule has 9 heteroatoms. The first-order valence-corrected chi connectivity index (χ1v) is 12.6. The second-order valence-corrected chi connectivity index (χ2v) is 9.52. The molecule has 0 radical (unpaired) electrons. The molecular formula is C27H41NO8. The molecule has 0 saturated carbocycles. The predicted octanol–water partition coefficient (Wildman–Crippen LogP) is 4.64. The Morgan fingerprint density at radius 2 is 1.42 bits per heavy atom. The summed E-state index contributed by atoms with van der Waals surface area (Å²) in [5, 5.41) is 12.9. The molecule has 1 aromatic carbocycles. The van der Waals surface area contributed by atoms with Crippen molar-refractivity contribution in [3.05, 3.63) is 23.8 Å². The molecule has 0 aliphatic rings. The van der Waals surface area contributed by atoms with Crippen LogP contribution in [0.1, 0.15) is 86.1 Å². The number of nitrogens with one attached hydrogen (secondary N) is 1. The Morgan fingerprint density at radius 3 is 1.86 bits per heavy atom. The van der Waals surface area contributed by atoms with Gasteiger partial charge in [-0.25, -0.2) is 4.79 Å². The van der Waals surface area contributed by atoms with Crippen molar-refractivity contribution in [3.63, 3.8) is 0 Å². The molecule has 3 unspecified atom stereocenters. The van der Waals surface area contributed by atoms with Crippen molar-refractivity contribution >= 4 is 23.9 Å². The van der Waals surface area contributed by atoms with Crippen molar-refractivity contribution in [3.8, 4) is 11.5 Å². The monoisotopic (exact) mass is 507 g/mol. The van der Waals surface area contributed by atoms with Crippen LogP contribution in [0, 0.1) is 11.8 Å². The Kier molecular flexibility index (Phi) is 12.6. The molecule has 0 saturated heterocycles. The first-order chi connectivity index (χ1) is 16.8. The minimum atomic E-state index is -2.03. The van der Waals surface area contributed by atoms with Crippen LogP contribution in [0.5, 0.6) is 11.5 Å². The van der Waals surface area contributed by atoms with E-state index in [1.54, 1.807) is 13.0 Å². The Balaban J connectivity index is 3.39. The number of carboxylic acids is 1. The summed E-state index contributed by atoms with van der Waals surface area (Å²) in [6, 6.07) is 4.19. The molecule has 4 atom stereocenters. The van der Waals surface area contributed by atoms with E-state index in [1.165, 1.54) is 12.1 Å². The molecule has 0 aliphatic carbocycles. The third-order valence-electron chi connectivity index (χ3n) is 6.09. The maximum Gasteiger partial charge on any atom is 0.364 e. The number of carbonyl (C=O) groups is 4. The Bertz CT molecular complexity index is 915. The first kappa shape index (κ1) is 31.1. The molecule has 36 heavy (non-hydrogen) atoms. The molecule has 0 aliphatic heterocycles. The highest BCUT2D eigenvalue weighted by Gasteiger charge is 2.43. The number of aliphatic carboxylic acids is 1. The van der Waals surface area contributed by atoms with E-state index >= 15 is 0 Å². The summed E-state index contributed by atoms with van der Waals surface area (Å²) < 4.78 is 16.3. The van der Waals surface area contributed by atoms with E-state index in [-0.39, 0.29) is 48.6 Å². The van der Waals surface area contributed by atoms with Crippen molar-refractivity contribution in [1.82, 2.24) is 5.32 Å². The maximum atomic E-state index is 12.5. The van der Waals surface area contributed by atoms with Crippen molar-refractivity contribution in [2.75, 3.05) is 0 Å². The van der Waals surface area contributed by atoms with Gasteiger partial charge in [-0.05, 0) is 42.9 Å². The van der Waals surface area contributed by atoms with E-state index in [1.807, 2.05) is 34.6 Å². The first-order valence-electron chi connectivity index (χ1n) is 12.6. The van der Waals surface area contributed by atoms with Gasteiger partial charge in [0.2, 0.25) is 0 Å². The Morgan fingerprint density at radius 1 is 0.889 bits per heavy atom. The molecule has 1 aromatic rings. The summed E-state index contributed by atoms with van der Waals surface area (Å²) in [5.41, 5.74) is -1.63. The van der Waals surface area contributed by atoms with Crippen LogP contribution in [-0.4, -0.2) is 40.8 Å². The lowest BCUT2D eigenvalue weighted by Gasteiger charge is -2.32. The normalized spacial score (nSPS) is 15.2. The van der Waals surface area contributed by atoms with Gasteiger partial charge in [-0.3, -0.25) is 19.7 Å². The van der Waals surface area contributed by atoms with Crippen LogP contribution in [-0.2, 0) is 30.3 Å². The van der Waals surface area contributed by atoms with Crippen LogP contribution in [0.15, 0.2) is 18.2 Å². The second kappa shape index (κ2) is 14.6. The molecule has 0 fully saturated rings. The van der Waals surface area contributed by atoms with Crippen LogP contribution < -0.4 is 14.8 Å². The van der Waals surface area contributed by atoms with Crippen LogP contribution in [0.4, 0.5) is 0 Å². The van der Waals surface area contributed by atoms with E-state index < -0.39 is 29.6 Å². The lowest BCUT2D eigenvalue weighted by atomic mass is 10.00. The molecule has 0 bridgehead atoms. The van der Waals surface area contributed by atoms with Gasteiger partial charge < -0.3 is 19.3 Å². The van der Waals surface area contributed by atoms with Gasteiger partial charge in [-0.15, -0.1) is 0 Å². The van der Waals surface area contributed by atoms with E-state index in [0.717, 1.165) is 19.8 Å².